The maximum Gasteiger partial charge on any atom is 0.324 e. The highest BCUT2D eigenvalue weighted by Gasteiger charge is 2.37. The molecule has 1 fully saturated rings. The second-order valence-corrected chi connectivity index (χ2v) is 7.55. The largest absolute Gasteiger partial charge is 0.361 e. The highest BCUT2D eigenvalue weighted by atomic mass is 16.2. The summed E-state index contributed by atoms with van der Waals surface area (Å²) < 4.78 is 0. The second kappa shape index (κ2) is 10.1. The van der Waals surface area contributed by atoms with E-state index in [9.17, 15) is 14.4 Å². The zero-order valence-electron chi connectivity index (χ0n) is 17.0. The molecule has 0 saturated carbocycles. The number of para-hydroxylation sites is 1. The first kappa shape index (κ1) is 20.9. The lowest BCUT2D eigenvalue weighted by Gasteiger charge is -2.12. The summed E-state index contributed by atoms with van der Waals surface area (Å²) in [5.41, 5.74) is 2.12. The molecule has 156 valence electrons. The van der Waals surface area contributed by atoms with Crippen molar-refractivity contribution in [3.63, 3.8) is 0 Å². The van der Waals surface area contributed by atoms with E-state index in [1.54, 1.807) is 0 Å². The van der Waals surface area contributed by atoms with Crippen molar-refractivity contribution in [3.05, 3.63) is 36.0 Å². The number of hydrogen-bond acceptors (Lipinski definition) is 3. The van der Waals surface area contributed by atoms with Gasteiger partial charge in [-0.3, -0.25) is 14.5 Å². The fourth-order valence-corrected chi connectivity index (χ4v) is 3.70. The first-order valence-electron chi connectivity index (χ1n) is 10.5. The molecule has 2 heterocycles. The number of carbonyl (C=O) groups excluding carboxylic acids is 3. The lowest BCUT2D eigenvalue weighted by atomic mass is 10.1. The van der Waals surface area contributed by atoms with Crippen molar-refractivity contribution in [2.24, 2.45) is 0 Å². The molecule has 0 aliphatic carbocycles. The molecule has 0 spiro atoms. The number of carbonyl (C=O) groups is 3. The summed E-state index contributed by atoms with van der Waals surface area (Å²) in [7, 11) is 0. The topological polar surface area (TPSA) is 94.3 Å². The molecule has 1 aliphatic heterocycles. The third kappa shape index (κ3) is 5.37. The Hall–Kier alpha value is -2.83. The van der Waals surface area contributed by atoms with Crippen LogP contribution in [-0.2, 0) is 16.0 Å². The quantitative estimate of drug-likeness (QED) is 0.401. The Balaban J connectivity index is 1.44. The molecule has 7 nitrogen and oxygen atoms in total. The van der Waals surface area contributed by atoms with Crippen LogP contribution in [-0.4, -0.2) is 46.9 Å². The highest BCUT2D eigenvalue weighted by molar-refractivity contribution is 6.04. The number of fused-ring (bicyclic) bond motifs is 1. The molecule has 1 aromatic heterocycles. The number of aromatic nitrogens is 1. The Morgan fingerprint density at radius 2 is 2.00 bits per heavy atom. The molecule has 0 radical (unpaired) electrons. The van der Waals surface area contributed by atoms with Gasteiger partial charge in [0.05, 0.1) is 0 Å². The van der Waals surface area contributed by atoms with E-state index in [0.717, 1.165) is 35.7 Å². The van der Waals surface area contributed by atoms with Crippen LogP contribution in [0.4, 0.5) is 4.79 Å². The van der Waals surface area contributed by atoms with Crippen molar-refractivity contribution in [2.75, 3.05) is 13.1 Å². The molecule has 3 rings (SSSR count). The van der Waals surface area contributed by atoms with Gasteiger partial charge in [-0.2, -0.15) is 0 Å². The van der Waals surface area contributed by atoms with E-state index in [1.165, 1.54) is 11.3 Å². The molecule has 3 N–H and O–H groups in total. The molecule has 29 heavy (non-hydrogen) atoms. The second-order valence-electron chi connectivity index (χ2n) is 7.55. The molecule has 1 atom stereocenters. The van der Waals surface area contributed by atoms with Gasteiger partial charge >= 0.3 is 6.03 Å². The van der Waals surface area contributed by atoms with E-state index in [2.05, 4.69) is 22.5 Å². The van der Waals surface area contributed by atoms with Gasteiger partial charge in [-0.15, -0.1) is 0 Å². The number of imide groups is 1. The van der Waals surface area contributed by atoms with Crippen LogP contribution < -0.4 is 10.6 Å². The van der Waals surface area contributed by atoms with Gasteiger partial charge in [0.1, 0.15) is 6.04 Å². The van der Waals surface area contributed by atoms with E-state index in [0.29, 0.717) is 25.9 Å². The van der Waals surface area contributed by atoms with Crippen molar-refractivity contribution in [3.8, 4) is 0 Å². The van der Waals surface area contributed by atoms with E-state index in [-0.39, 0.29) is 24.3 Å². The number of unbranched alkanes of at least 4 members (excludes halogenated alkanes) is 3. The summed E-state index contributed by atoms with van der Waals surface area (Å²) in [5, 5.41) is 6.70. The van der Waals surface area contributed by atoms with Gasteiger partial charge < -0.3 is 15.6 Å². The predicted molar refractivity (Wildman–Crippen MR) is 112 cm³/mol. The molecule has 1 saturated heterocycles. The Morgan fingerprint density at radius 1 is 1.17 bits per heavy atom. The first-order valence-corrected chi connectivity index (χ1v) is 10.5. The third-order valence-electron chi connectivity index (χ3n) is 5.40. The summed E-state index contributed by atoms with van der Waals surface area (Å²) in [6.45, 7) is 3.14. The van der Waals surface area contributed by atoms with Crippen LogP contribution in [0.2, 0.25) is 0 Å². The number of nitrogens with one attached hydrogen (secondary N) is 3. The van der Waals surface area contributed by atoms with Gasteiger partial charge in [0, 0.05) is 36.6 Å². The van der Waals surface area contributed by atoms with Crippen LogP contribution >= 0.6 is 0 Å². The van der Waals surface area contributed by atoms with Crippen LogP contribution in [0.3, 0.4) is 0 Å². The minimum absolute atomic E-state index is 0.0687. The molecule has 1 aromatic carbocycles. The van der Waals surface area contributed by atoms with Gasteiger partial charge in [0.2, 0.25) is 5.91 Å². The first-order chi connectivity index (χ1) is 14.1. The SMILES string of the molecule is CCCCCCNC(=O)CC[C@H]1NC(=O)N(CCc2c[nH]c3ccccc23)C1=O. The molecule has 0 bridgehead atoms. The maximum absolute atomic E-state index is 12.6. The number of benzene rings is 1. The molecular weight excluding hydrogens is 368 g/mol. The Labute approximate surface area is 171 Å². The summed E-state index contributed by atoms with van der Waals surface area (Å²) in [5.74, 6) is -0.314. The number of urea groups is 1. The van der Waals surface area contributed by atoms with Crippen LogP contribution in [0, 0.1) is 0 Å². The van der Waals surface area contributed by atoms with E-state index < -0.39 is 6.04 Å². The summed E-state index contributed by atoms with van der Waals surface area (Å²) in [6.07, 6.45) is 7.50. The zero-order valence-corrected chi connectivity index (χ0v) is 17.0. The van der Waals surface area contributed by atoms with E-state index in [4.69, 9.17) is 0 Å². The third-order valence-corrected chi connectivity index (χ3v) is 5.40. The normalized spacial score (nSPS) is 16.4. The Morgan fingerprint density at radius 3 is 2.83 bits per heavy atom. The van der Waals surface area contributed by atoms with Gasteiger partial charge in [0.25, 0.3) is 5.91 Å². The van der Waals surface area contributed by atoms with Crippen LogP contribution in [0.1, 0.15) is 51.0 Å². The lowest BCUT2D eigenvalue weighted by molar-refractivity contribution is -0.127. The minimum atomic E-state index is -0.615. The van der Waals surface area contributed by atoms with Gasteiger partial charge in [-0.05, 0) is 30.9 Å². The van der Waals surface area contributed by atoms with Crippen molar-refractivity contribution in [2.45, 2.75) is 57.9 Å². The molecule has 4 amide bonds. The highest BCUT2D eigenvalue weighted by Crippen LogP contribution is 2.19. The smallest absolute Gasteiger partial charge is 0.324 e. The summed E-state index contributed by atoms with van der Waals surface area (Å²) in [4.78, 5) is 41.2. The van der Waals surface area contributed by atoms with Crippen LogP contribution in [0.5, 0.6) is 0 Å². The molecule has 0 unspecified atom stereocenters. The summed E-state index contributed by atoms with van der Waals surface area (Å²) in [6, 6.07) is 6.97. The van der Waals surface area contributed by atoms with E-state index in [1.807, 2.05) is 30.5 Å². The van der Waals surface area contributed by atoms with Gasteiger partial charge in [-0.25, -0.2) is 4.79 Å². The lowest BCUT2D eigenvalue weighted by Crippen LogP contribution is -2.34. The van der Waals surface area contributed by atoms with Crippen molar-refractivity contribution < 1.29 is 14.4 Å². The molecular formula is C22H30N4O3. The summed E-state index contributed by atoms with van der Waals surface area (Å²) >= 11 is 0. The number of rotatable bonds is 11. The fourth-order valence-electron chi connectivity index (χ4n) is 3.70. The molecule has 1 aliphatic rings. The van der Waals surface area contributed by atoms with E-state index >= 15 is 0 Å². The van der Waals surface area contributed by atoms with Gasteiger partial charge in [-0.1, -0.05) is 44.4 Å². The monoisotopic (exact) mass is 398 g/mol. The van der Waals surface area contributed by atoms with Gasteiger partial charge in [0.15, 0.2) is 0 Å². The zero-order chi connectivity index (χ0) is 20.6. The number of amides is 4. The predicted octanol–water partition coefficient (Wildman–Crippen LogP) is 3.11. The average Bonchev–Trinajstić information content (AvgIpc) is 3.25. The number of nitrogens with zero attached hydrogens (tertiary/aromatic N) is 1. The number of H-pyrrole nitrogens is 1. The standard InChI is InChI=1S/C22H30N4O3/c1-2-3-4-7-13-23-20(27)11-10-19-21(28)26(22(29)25-19)14-12-16-15-24-18-9-6-5-8-17(16)18/h5-6,8-9,15,19,24H,2-4,7,10-14H2,1H3,(H,23,27)(H,25,29)/t19-/m1/s1. The van der Waals surface area contributed by atoms with Crippen LogP contribution in [0.15, 0.2) is 30.5 Å². The molecule has 2 aromatic rings. The Bertz CT molecular complexity index is 861. The minimum Gasteiger partial charge on any atom is -0.361 e. The van der Waals surface area contributed by atoms with Crippen molar-refractivity contribution in [1.82, 2.24) is 20.5 Å². The fraction of sp³-hybridized carbons (Fsp3) is 0.500. The van der Waals surface area contributed by atoms with Crippen molar-refractivity contribution in [1.29, 1.82) is 0 Å². The maximum atomic E-state index is 12.6. The average molecular weight is 399 g/mol. The number of aromatic amines is 1. The number of hydrogen-bond donors (Lipinski definition) is 3. The Kier molecular flexibility index (Phi) is 7.27. The van der Waals surface area contributed by atoms with Crippen molar-refractivity contribution >= 4 is 28.7 Å². The van der Waals surface area contributed by atoms with Crippen LogP contribution in [0.25, 0.3) is 10.9 Å². The molecule has 7 heteroatoms.